The Labute approximate surface area is 119 Å². The summed E-state index contributed by atoms with van der Waals surface area (Å²) in [5.74, 6) is -2.77. The highest BCUT2D eigenvalue weighted by molar-refractivity contribution is 6.35. The molecule has 6 nitrogen and oxygen atoms in total. The third-order valence-corrected chi connectivity index (χ3v) is 2.50. The lowest BCUT2D eigenvalue weighted by atomic mass is 10.2. The molecule has 1 aromatic carbocycles. The van der Waals surface area contributed by atoms with E-state index in [0.29, 0.717) is 5.02 Å². The molecule has 0 aliphatic rings. The Morgan fingerprint density at radius 3 is 2.21 bits per heavy atom. The summed E-state index contributed by atoms with van der Waals surface area (Å²) in [5, 5.41) is 2.96. The van der Waals surface area contributed by atoms with Crippen LogP contribution < -0.4 is 16.2 Å². The molecule has 0 spiro atoms. The molecule has 3 N–H and O–H groups in total. The summed E-state index contributed by atoms with van der Waals surface area (Å²) in [4.78, 5) is 33.3. The molecule has 0 atom stereocenters. The van der Waals surface area contributed by atoms with E-state index in [-0.39, 0.29) is 12.4 Å². The average molecular weight is 304 g/mol. The van der Waals surface area contributed by atoms with Crippen molar-refractivity contribution < 1.29 is 14.4 Å². The fourth-order valence-corrected chi connectivity index (χ4v) is 1.27. The first-order valence-corrected chi connectivity index (χ1v) is 6.11. The summed E-state index contributed by atoms with van der Waals surface area (Å²) >= 11 is 10.9. The van der Waals surface area contributed by atoms with E-state index in [1.54, 1.807) is 24.3 Å². The van der Waals surface area contributed by atoms with Crippen LogP contribution in [-0.4, -0.2) is 23.6 Å². The minimum Gasteiger partial charge on any atom is -0.344 e. The molecule has 0 saturated carbocycles. The van der Waals surface area contributed by atoms with Crippen LogP contribution >= 0.6 is 23.2 Å². The molecule has 1 rings (SSSR count). The molecule has 0 saturated heterocycles. The minimum absolute atomic E-state index is 0.173. The zero-order chi connectivity index (χ0) is 14.3. The zero-order valence-electron chi connectivity index (χ0n) is 9.70. The highest BCUT2D eigenvalue weighted by Crippen LogP contribution is 2.08. The minimum atomic E-state index is -0.979. The van der Waals surface area contributed by atoms with Crippen LogP contribution in [0.5, 0.6) is 0 Å². The molecular formula is C11H11Cl2N3O3. The van der Waals surface area contributed by atoms with Crippen molar-refractivity contribution >= 4 is 40.9 Å². The van der Waals surface area contributed by atoms with Gasteiger partial charge in [0.25, 0.3) is 5.91 Å². The van der Waals surface area contributed by atoms with Gasteiger partial charge in [0.2, 0.25) is 0 Å². The molecule has 102 valence electrons. The zero-order valence-corrected chi connectivity index (χ0v) is 11.2. The summed E-state index contributed by atoms with van der Waals surface area (Å²) < 4.78 is 0. The van der Waals surface area contributed by atoms with Gasteiger partial charge in [-0.15, -0.1) is 11.6 Å². The normalized spacial score (nSPS) is 9.58. The van der Waals surface area contributed by atoms with Gasteiger partial charge in [0.15, 0.2) is 0 Å². The van der Waals surface area contributed by atoms with Gasteiger partial charge >= 0.3 is 11.8 Å². The van der Waals surface area contributed by atoms with E-state index in [1.807, 2.05) is 10.9 Å². The molecule has 3 amide bonds. The predicted molar refractivity (Wildman–Crippen MR) is 70.3 cm³/mol. The van der Waals surface area contributed by atoms with Gasteiger partial charge in [0.05, 0.1) is 0 Å². The van der Waals surface area contributed by atoms with Crippen LogP contribution in [0, 0.1) is 0 Å². The van der Waals surface area contributed by atoms with Crippen molar-refractivity contribution in [1.29, 1.82) is 0 Å². The van der Waals surface area contributed by atoms with Gasteiger partial charge < -0.3 is 5.32 Å². The van der Waals surface area contributed by atoms with E-state index >= 15 is 0 Å². The molecule has 0 aromatic heterocycles. The Kier molecular flexibility index (Phi) is 6.11. The highest BCUT2D eigenvalue weighted by Gasteiger charge is 2.13. The quantitative estimate of drug-likeness (QED) is 0.427. The summed E-state index contributed by atoms with van der Waals surface area (Å²) in [7, 11) is 0. The fourth-order valence-electron chi connectivity index (χ4n) is 1.08. The largest absolute Gasteiger partial charge is 0.344 e. The number of halogens is 2. The summed E-state index contributed by atoms with van der Waals surface area (Å²) in [5.41, 5.74) is 4.68. The van der Waals surface area contributed by atoms with E-state index in [2.05, 4.69) is 5.32 Å². The van der Waals surface area contributed by atoms with Crippen LogP contribution in [0.25, 0.3) is 0 Å². The lowest BCUT2D eigenvalue weighted by Gasteiger charge is -2.07. The van der Waals surface area contributed by atoms with Crippen LogP contribution in [0.4, 0.5) is 0 Å². The van der Waals surface area contributed by atoms with Gasteiger partial charge in [0.1, 0.15) is 5.88 Å². The van der Waals surface area contributed by atoms with Crippen LogP contribution in [0.2, 0.25) is 5.02 Å². The highest BCUT2D eigenvalue weighted by atomic mass is 35.5. The smallest absolute Gasteiger partial charge is 0.327 e. The van der Waals surface area contributed by atoms with Crippen molar-refractivity contribution in [3.8, 4) is 0 Å². The predicted octanol–water partition coefficient (Wildman–Crippen LogP) is 0.342. The number of carbonyl (C=O) groups is 3. The van der Waals surface area contributed by atoms with E-state index in [0.717, 1.165) is 5.56 Å². The molecule has 0 fully saturated rings. The summed E-state index contributed by atoms with van der Waals surface area (Å²) in [6.45, 7) is 0.173. The van der Waals surface area contributed by atoms with Crippen molar-refractivity contribution in [2.75, 3.05) is 5.88 Å². The molecule has 0 radical (unpaired) electrons. The number of hydrogen-bond donors (Lipinski definition) is 3. The van der Waals surface area contributed by atoms with Crippen LogP contribution in [0.3, 0.4) is 0 Å². The van der Waals surface area contributed by atoms with E-state index < -0.39 is 17.7 Å². The van der Waals surface area contributed by atoms with Gasteiger partial charge in [-0.1, -0.05) is 23.7 Å². The number of rotatable bonds is 3. The number of carbonyl (C=O) groups excluding carboxylic acids is 3. The molecule has 0 unspecified atom stereocenters. The molecule has 1 aromatic rings. The van der Waals surface area contributed by atoms with Crippen LogP contribution in [0.1, 0.15) is 5.56 Å². The fraction of sp³-hybridized carbons (Fsp3) is 0.182. The van der Waals surface area contributed by atoms with Crippen molar-refractivity contribution in [3.05, 3.63) is 34.9 Å². The van der Waals surface area contributed by atoms with Crippen molar-refractivity contribution in [2.45, 2.75) is 6.54 Å². The third kappa shape index (κ3) is 5.58. The molecule has 19 heavy (non-hydrogen) atoms. The molecular weight excluding hydrogens is 293 g/mol. The standard InChI is InChI=1S/C11H11Cl2N3O3/c12-5-9(17)15-16-11(19)10(18)14-6-7-1-3-8(13)4-2-7/h1-4H,5-6H2,(H,14,18)(H,15,17)(H,16,19). The van der Waals surface area contributed by atoms with Crippen molar-refractivity contribution in [3.63, 3.8) is 0 Å². The first-order valence-electron chi connectivity index (χ1n) is 5.20. The number of nitrogens with one attached hydrogen (secondary N) is 3. The Morgan fingerprint density at radius 2 is 1.63 bits per heavy atom. The van der Waals surface area contributed by atoms with E-state index in [9.17, 15) is 14.4 Å². The second-order valence-corrected chi connectivity index (χ2v) is 4.15. The second kappa shape index (κ2) is 7.60. The maximum atomic E-state index is 11.4. The van der Waals surface area contributed by atoms with E-state index in [1.165, 1.54) is 0 Å². The summed E-state index contributed by atoms with van der Waals surface area (Å²) in [6.07, 6.45) is 0. The van der Waals surface area contributed by atoms with Gasteiger partial charge in [-0.3, -0.25) is 25.2 Å². The molecule has 0 heterocycles. The SMILES string of the molecule is O=C(CCl)NNC(=O)C(=O)NCc1ccc(Cl)cc1. The summed E-state index contributed by atoms with van der Waals surface area (Å²) in [6, 6.07) is 6.78. The topological polar surface area (TPSA) is 87.3 Å². The number of alkyl halides is 1. The van der Waals surface area contributed by atoms with Gasteiger partial charge in [0, 0.05) is 11.6 Å². The van der Waals surface area contributed by atoms with Crippen molar-refractivity contribution in [1.82, 2.24) is 16.2 Å². The first kappa shape index (κ1) is 15.3. The first-order chi connectivity index (χ1) is 9.02. The third-order valence-electron chi connectivity index (χ3n) is 2.01. The van der Waals surface area contributed by atoms with Crippen molar-refractivity contribution in [2.24, 2.45) is 0 Å². The number of benzene rings is 1. The number of hydrazine groups is 1. The monoisotopic (exact) mass is 303 g/mol. The lowest BCUT2D eigenvalue weighted by molar-refractivity contribution is -0.140. The Balaban J connectivity index is 2.36. The maximum Gasteiger partial charge on any atom is 0.327 e. The van der Waals surface area contributed by atoms with Gasteiger partial charge in [-0.25, -0.2) is 0 Å². The second-order valence-electron chi connectivity index (χ2n) is 3.45. The average Bonchev–Trinajstić information content (AvgIpc) is 2.43. The maximum absolute atomic E-state index is 11.4. The molecule has 0 bridgehead atoms. The van der Waals surface area contributed by atoms with Crippen LogP contribution in [0.15, 0.2) is 24.3 Å². The van der Waals surface area contributed by atoms with E-state index in [4.69, 9.17) is 23.2 Å². The van der Waals surface area contributed by atoms with Gasteiger partial charge in [-0.2, -0.15) is 0 Å². The van der Waals surface area contributed by atoms with Crippen LogP contribution in [-0.2, 0) is 20.9 Å². The number of amides is 3. The Bertz CT molecular complexity index is 477. The van der Waals surface area contributed by atoms with Gasteiger partial charge in [-0.05, 0) is 17.7 Å². The number of hydrogen-bond acceptors (Lipinski definition) is 3. The molecule has 8 heteroatoms. The molecule has 0 aliphatic heterocycles. The molecule has 0 aliphatic carbocycles. The lowest BCUT2D eigenvalue weighted by Crippen LogP contribution is -2.48. The Morgan fingerprint density at radius 1 is 1.00 bits per heavy atom. The Hall–Kier alpha value is -1.79.